The number of rotatable bonds is 16. The van der Waals surface area contributed by atoms with Gasteiger partial charge < -0.3 is 24.6 Å². The number of carbonyl (C=O) groups excluding carboxylic acids is 1. The van der Waals surface area contributed by atoms with Gasteiger partial charge >= 0.3 is 5.97 Å². The van der Waals surface area contributed by atoms with Gasteiger partial charge in [0.05, 0.1) is 19.3 Å². The number of nitrogens with one attached hydrogen (secondary N) is 1. The third kappa shape index (κ3) is 7.98. The first-order valence-corrected chi connectivity index (χ1v) is 14.3. The Morgan fingerprint density at radius 2 is 1.62 bits per heavy atom. The van der Waals surface area contributed by atoms with Crippen LogP contribution < -0.4 is 14.8 Å². The Labute approximate surface area is 233 Å². The van der Waals surface area contributed by atoms with Crippen LogP contribution in [0.2, 0.25) is 0 Å². The van der Waals surface area contributed by atoms with Crippen molar-refractivity contribution in [2.45, 2.75) is 90.2 Å². The molecule has 214 valence electrons. The Bertz CT molecular complexity index is 1050. The summed E-state index contributed by atoms with van der Waals surface area (Å²) in [5, 5.41) is 12.8. The van der Waals surface area contributed by atoms with Crippen molar-refractivity contribution in [3.8, 4) is 11.5 Å². The predicted octanol–water partition coefficient (Wildman–Crippen LogP) is 5.93. The van der Waals surface area contributed by atoms with E-state index in [2.05, 4.69) is 31.3 Å². The van der Waals surface area contributed by atoms with E-state index in [4.69, 9.17) is 14.2 Å². The van der Waals surface area contributed by atoms with E-state index in [0.717, 1.165) is 41.9 Å². The molecule has 39 heavy (non-hydrogen) atoms. The lowest BCUT2D eigenvalue weighted by molar-refractivity contribution is -0.160. The van der Waals surface area contributed by atoms with Crippen molar-refractivity contribution in [3.63, 3.8) is 0 Å². The molecule has 1 aliphatic rings. The molecule has 2 aromatic rings. The molecule has 1 unspecified atom stereocenters. The molecule has 2 aromatic carbocycles. The molecule has 0 aromatic heterocycles. The number of amides is 1. The predicted molar refractivity (Wildman–Crippen MR) is 153 cm³/mol. The molecular formula is C32H45NO6. The fourth-order valence-electron chi connectivity index (χ4n) is 5.42. The summed E-state index contributed by atoms with van der Waals surface area (Å²) in [6.45, 7) is 9.19. The molecule has 1 fully saturated rings. The first-order chi connectivity index (χ1) is 18.7. The quantitative estimate of drug-likeness (QED) is 0.257. The highest BCUT2D eigenvalue weighted by atomic mass is 16.5. The van der Waals surface area contributed by atoms with Gasteiger partial charge in [0.25, 0.3) is 0 Å². The molecule has 1 aliphatic carbocycles. The molecule has 7 nitrogen and oxygen atoms in total. The highest BCUT2D eigenvalue weighted by molar-refractivity contribution is 5.89. The van der Waals surface area contributed by atoms with Crippen LogP contribution in [0.5, 0.6) is 11.5 Å². The van der Waals surface area contributed by atoms with E-state index < -0.39 is 11.5 Å². The van der Waals surface area contributed by atoms with Gasteiger partial charge in [0.2, 0.25) is 5.91 Å². The maximum atomic E-state index is 13.6. The minimum atomic E-state index is -1.27. The zero-order valence-corrected chi connectivity index (χ0v) is 24.1. The van der Waals surface area contributed by atoms with Crippen molar-refractivity contribution in [2.75, 3.05) is 20.3 Å². The van der Waals surface area contributed by atoms with Gasteiger partial charge in [-0.2, -0.15) is 0 Å². The first-order valence-electron chi connectivity index (χ1n) is 14.3. The summed E-state index contributed by atoms with van der Waals surface area (Å²) < 4.78 is 17.3. The van der Waals surface area contributed by atoms with E-state index in [0.29, 0.717) is 26.1 Å². The highest BCUT2D eigenvalue weighted by Gasteiger charge is 2.52. The number of ether oxygens (including phenoxy) is 3. The number of aliphatic carboxylic acids is 1. The van der Waals surface area contributed by atoms with Gasteiger partial charge in [0.1, 0.15) is 17.0 Å². The van der Waals surface area contributed by atoms with Gasteiger partial charge in [0, 0.05) is 31.4 Å². The van der Waals surface area contributed by atoms with Crippen LogP contribution in [0.15, 0.2) is 42.5 Å². The van der Waals surface area contributed by atoms with Crippen LogP contribution in [-0.4, -0.2) is 48.9 Å². The zero-order valence-electron chi connectivity index (χ0n) is 24.1. The summed E-state index contributed by atoms with van der Waals surface area (Å²) in [6.07, 6.45) is 4.27. The van der Waals surface area contributed by atoms with Crippen LogP contribution in [0, 0.1) is 5.92 Å². The summed E-state index contributed by atoms with van der Waals surface area (Å²) >= 11 is 0. The van der Waals surface area contributed by atoms with Crippen LogP contribution in [0.4, 0.5) is 0 Å². The summed E-state index contributed by atoms with van der Waals surface area (Å²) in [5.41, 5.74) is 1.97. The van der Waals surface area contributed by atoms with E-state index in [-0.39, 0.29) is 36.7 Å². The average molecular weight is 540 g/mol. The first kappa shape index (κ1) is 30.5. The Morgan fingerprint density at radius 3 is 2.13 bits per heavy atom. The number of unbranched alkanes of at least 4 members (excludes halogenated alkanes) is 1. The highest BCUT2D eigenvalue weighted by Crippen LogP contribution is 2.39. The Morgan fingerprint density at radius 1 is 1.00 bits per heavy atom. The topological polar surface area (TPSA) is 94.1 Å². The number of benzene rings is 2. The van der Waals surface area contributed by atoms with Gasteiger partial charge in [-0.3, -0.25) is 4.79 Å². The molecule has 7 heteroatoms. The van der Waals surface area contributed by atoms with Gasteiger partial charge in [-0.15, -0.1) is 0 Å². The molecule has 1 saturated carbocycles. The molecule has 2 N–H and O–H groups in total. The fourth-order valence-corrected chi connectivity index (χ4v) is 5.42. The Hall–Kier alpha value is -3.06. The molecule has 0 radical (unpaired) electrons. The number of aryl methyl sites for hydroxylation is 1. The van der Waals surface area contributed by atoms with Crippen LogP contribution in [0.3, 0.4) is 0 Å². The number of methoxy groups -OCH3 is 1. The van der Waals surface area contributed by atoms with Crippen molar-refractivity contribution >= 4 is 11.9 Å². The summed E-state index contributed by atoms with van der Waals surface area (Å²) in [6, 6.07) is 14.3. The molecule has 0 bridgehead atoms. The van der Waals surface area contributed by atoms with E-state index >= 15 is 0 Å². The summed E-state index contributed by atoms with van der Waals surface area (Å²) in [5.74, 6) is 0.150. The van der Waals surface area contributed by atoms with E-state index in [1.54, 1.807) is 7.11 Å². The molecule has 0 saturated heterocycles. The molecular weight excluding hydrogens is 494 g/mol. The zero-order chi connectivity index (χ0) is 28.4. The van der Waals surface area contributed by atoms with Crippen LogP contribution in [-0.2, 0) is 27.2 Å². The molecule has 3 rings (SSSR count). The lowest BCUT2D eigenvalue weighted by Gasteiger charge is -2.44. The normalized spacial score (nSPS) is 19.3. The van der Waals surface area contributed by atoms with E-state index in [9.17, 15) is 14.7 Å². The van der Waals surface area contributed by atoms with Gasteiger partial charge in [-0.05, 0) is 68.7 Å². The smallest absolute Gasteiger partial charge is 0.329 e. The van der Waals surface area contributed by atoms with Crippen molar-refractivity contribution in [1.82, 2.24) is 5.32 Å². The van der Waals surface area contributed by atoms with Crippen molar-refractivity contribution in [1.29, 1.82) is 0 Å². The number of hydrogen-bond acceptors (Lipinski definition) is 5. The standard InChI is InChI=1S/C32H45NO6/c1-6-38-27-18-24(19-28(39-7-2)29(27)22(3)4)17-25(16-12-11-15-23-13-9-8-10-14-23)30(34)33-32(31(35)36)20-26(21-32)37-5/h8-10,13-14,18-19,22,25-26H,6-7,11-12,15-17,20-21H2,1-5H3,(H,33,34)(H,35,36). The fraction of sp³-hybridized carbons (Fsp3) is 0.562. The second kappa shape index (κ2) is 14.4. The maximum Gasteiger partial charge on any atom is 0.329 e. The van der Waals surface area contributed by atoms with Crippen LogP contribution >= 0.6 is 0 Å². The largest absolute Gasteiger partial charge is 0.493 e. The molecule has 1 atom stereocenters. The summed E-state index contributed by atoms with van der Waals surface area (Å²) in [7, 11) is 1.57. The van der Waals surface area contributed by atoms with E-state index in [1.165, 1.54) is 5.56 Å². The minimum absolute atomic E-state index is 0.156. The van der Waals surface area contributed by atoms with Gasteiger partial charge in [-0.1, -0.05) is 50.6 Å². The number of hydrogen-bond donors (Lipinski definition) is 2. The number of carboxylic acids is 1. The minimum Gasteiger partial charge on any atom is -0.493 e. The van der Waals surface area contributed by atoms with Gasteiger partial charge in [-0.25, -0.2) is 4.79 Å². The van der Waals surface area contributed by atoms with Gasteiger partial charge in [0.15, 0.2) is 0 Å². The Balaban J connectivity index is 1.83. The third-order valence-corrected chi connectivity index (χ3v) is 7.56. The van der Waals surface area contributed by atoms with Crippen molar-refractivity contribution in [3.05, 3.63) is 59.2 Å². The monoisotopic (exact) mass is 539 g/mol. The Kier molecular flexibility index (Phi) is 11.2. The summed E-state index contributed by atoms with van der Waals surface area (Å²) in [4.78, 5) is 25.8. The molecule has 0 spiro atoms. The second-order valence-corrected chi connectivity index (χ2v) is 10.8. The van der Waals surface area contributed by atoms with Crippen LogP contribution in [0.1, 0.15) is 82.4 Å². The molecule has 0 aliphatic heterocycles. The number of carbonyl (C=O) groups is 2. The lowest BCUT2D eigenvalue weighted by atomic mass is 9.73. The average Bonchev–Trinajstić information content (AvgIpc) is 2.88. The molecule has 1 amide bonds. The molecule has 0 heterocycles. The SMILES string of the molecule is CCOc1cc(CC(CCCCc2ccccc2)C(=O)NC2(C(=O)O)CC(OC)C2)cc(OCC)c1C(C)C. The second-order valence-electron chi connectivity index (χ2n) is 10.8. The maximum absolute atomic E-state index is 13.6. The van der Waals surface area contributed by atoms with Crippen molar-refractivity contribution < 1.29 is 28.9 Å². The third-order valence-electron chi connectivity index (χ3n) is 7.56. The lowest BCUT2D eigenvalue weighted by Crippen LogP contribution is -2.65. The van der Waals surface area contributed by atoms with E-state index in [1.807, 2.05) is 44.2 Å². The number of carboxylic acid groups (broad SMARTS) is 1. The van der Waals surface area contributed by atoms with Crippen molar-refractivity contribution in [2.24, 2.45) is 5.92 Å². The van der Waals surface area contributed by atoms with Crippen LogP contribution in [0.25, 0.3) is 0 Å².